The van der Waals surface area contributed by atoms with Crippen LogP contribution in [0.5, 0.6) is 0 Å². The molecule has 0 aliphatic carbocycles. The zero-order valence-electron chi connectivity index (χ0n) is 12.6. The van der Waals surface area contributed by atoms with Crippen molar-refractivity contribution >= 4 is 5.91 Å². The number of likely N-dealkylation sites (tertiary alicyclic amines) is 1. The van der Waals surface area contributed by atoms with Crippen LogP contribution in [0.15, 0.2) is 21.5 Å². The number of carbonyl (C=O) groups is 1. The summed E-state index contributed by atoms with van der Waals surface area (Å²) in [5.74, 6) is 0.937. The number of pyridine rings is 1. The van der Waals surface area contributed by atoms with E-state index in [-0.39, 0.29) is 22.9 Å². The van der Waals surface area contributed by atoms with Crippen LogP contribution in [0.1, 0.15) is 46.5 Å². The summed E-state index contributed by atoms with van der Waals surface area (Å²) in [4.78, 5) is 33.1. The van der Waals surface area contributed by atoms with Gasteiger partial charge < -0.3 is 14.4 Å². The molecule has 1 aliphatic rings. The first-order valence-electron chi connectivity index (χ1n) is 7.34. The van der Waals surface area contributed by atoms with E-state index in [1.807, 2.05) is 0 Å². The van der Waals surface area contributed by atoms with Gasteiger partial charge in [-0.1, -0.05) is 5.16 Å². The Balaban J connectivity index is 1.79. The maximum atomic E-state index is 12.6. The molecule has 7 nitrogen and oxygen atoms in total. The van der Waals surface area contributed by atoms with Gasteiger partial charge in [0.15, 0.2) is 5.82 Å². The average molecular weight is 302 g/mol. The van der Waals surface area contributed by atoms with E-state index in [0.29, 0.717) is 24.8 Å². The van der Waals surface area contributed by atoms with Gasteiger partial charge in [0.1, 0.15) is 5.56 Å². The van der Waals surface area contributed by atoms with Crippen molar-refractivity contribution in [3.63, 3.8) is 0 Å². The van der Waals surface area contributed by atoms with Crippen LogP contribution >= 0.6 is 0 Å². The summed E-state index contributed by atoms with van der Waals surface area (Å²) >= 11 is 0. The molecule has 1 atom stereocenters. The van der Waals surface area contributed by atoms with Crippen molar-refractivity contribution in [2.24, 2.45) is 0 Å². The fourth-order valence-electron chi connectivity index (χ4n) is 2.75. The first-order valence-corrected chi connectivity index (χ1v) is 7.34. The number of aromatic amines is 1. The van der Waals surface area contributed by atoms with Crippen LogP contribution in [0.4, 0.5) is 0 Å². The maximum absolute atomic E-state index is 12.6. The van der Waals surface area contributed by atoms with E-state index >= 15 is 0 Å². The highest BCUT2D eigenvalue weighted by Gasteiger charge is 2.29. The molecule has 0 spiro atoms. The van der Waals surface area contributed by atoms with E-state index in [1.54, 1.807) is 30.9 Å². The predicted molar refractivity (Wildman–Crippen MR) is 78.7 cm³/mol. The number of nitrogens with zero attached hydrogens (tertiary/aromatic N) is 3. The second kappa shape index (κ2) is 5.75. The van der Waals surface area contributed by atoms with E-state index in [9.17, 15) is 9.59 Å². The first-order chi connectivity index (χ1) is 10.5. The number of hydrogen-bond acceptors (Lipinski definition) is 5. The minimum atomic E-state index is -0.347. The Morgan fingerprint density at radius 1 is 1.41 bits per heavy atom. The van der Waals surface area contributed by atoms with Gasteiger partial charge in [0.05, 0.1) is 5.92 Å². The molecular weight excluding hydrogens is 284 g/mol. The lowest BCUT2D eigenvalue weighted by Gasteiger charge is -2.30. The highest BCUT2D eigenvalue weighted by atomic mass is 16.5. The standard InChI is InChI=1S/C15H18N4O3/c1-9-5-6-12(13(20)16-9)15(21)19-7-3-4-11(8-19)14-17-10(2)18-22-14/h5-6,11H,3-4,7-8H2,1-2H3,(H,16,20)/t11-/m1/s1. The van der Waals surface area contributed by atoms with Gasteiger partial charge in [-0.25, -0.2) is 0 Å². The molecule has 3 heterocycles. The fraction of sp³-hybridized carbons (Fsp3) is 0.467. The normalized spacial score (nSPS) is 18.5. The lowest BCUT2D eigenvalue weighted by Crippen LogP contribution is -2.41. The molecule has 3 rings (SSSR count). The van der Waals surface area contributed by atoms with Gasteiger partial charge >= 0.3 is 0 Å². The molecule has 0 aromatic carbocycles. The van der Waals surface area contributed by atoms with Crippen LogP contribution in [0, 0.1) is 13.8 Å². The zero-order valence-corrected chi connectivity index (χ0v) is 12.6. The fourth-order valence-corrected chi connectivity index (χ4v) is 2.75. The molecule has 1 saturated heterocycles. The largest absolute Gasteiger partial charge is 0.339 e. The van der Waals surface area contributed by atoms with Crippen molar-refractivity contribution in [1.29, 1.82) is 0 Å². The molecule has 2 aromatic heterocycles. The Morgan fingerprint density at radius 3 is 2.91 bits per heavy atom. The van der Waals surface area contributed by atoms with Crippen LogP contribution in [0.25, 0.3) is 0 Å². The highest BCUT2D eigenvalue weighted by molar-refractivity contribution is 5.93. The highest BCUT2D eigenvalue weighted by Crippen LogP contribution is 2.26. The molecule has 0 radical (unpaired) electrons. The van der Waals surface area contributed by atoms with Gasteiger partial charge in [0, 0.05) is 18.8 Å². The molecule has 0 saturated carbocycles. The summed E-state index contributed by atoms with van der Waals surface area (Å²) in [6.45, 7) is 4.68. The topological polar surface area (TPSA) is 92.1 Å². The number of hydrogen-bond donors (Lipinski definition) is 1. The number of amides is 1. The third kappa shape index (κ3) is 2.79. The number of H-pyrrole nitrogens is 1. The minimum absolute atomic E-state index is 0.0310. The van der Waals surface area contributed by atoms with Gasteiger partial charge in [0.2, 0.25) is 5.89 Å². The molecule has 0 unspecified atom stereocenters. The first kappa shape index (κ1) is 14.5. The van der Waals surface area contributed by atoms with Gasteiger partial charge in [-0.3, -0.25) is 9.59 Å². The third-order valence-corrected chi connectivity index (χ3v) is 3.89. The Bertz CT molecular complexity index is 749. The number of aromatic nitrogens is 3. The Morgan fingerprint density at radius 2 is 2.23 bits per heavy atom. The van der Waals surface area contributed by atoms with Crippen molar-refractivity contribution in [2.45, 2.75) is 32.6 Å². The van der Waals surface area contributed by atoms with Crippen molar-refractivity contribution < 1.29 is 9.32 Å². The minimum Gasteiger partial charge on any atom is -0.339 e. The van der Waals surface area contributed by atoms with E-state index in [2.05, 4.69) is 15.1 Å². The SMILES string of the molecule is Cc1noc([C@@H]2CCCN(C(=O)c3ccc(C)[nH]c3=O)C2)n1. The van der Waals surface area contributed by atoms with Crippen molar-refractivity contribution in [1.82, 2.24) is 20.0 Å². The second-order valence-electron chi connectivity index (χ2n) is 5.65. The summed E-state index contributed by atoms with van der Waals surface area (Å²) in [7, 11) is 0. The maximum Gasteiger partial charge on any atom is 0.260 e. The Hall–Kier alpha value is -2.44. The number of piperidine rings is 1. The van der Waals surface area contributed by atoms with Crippen LogP contribution in [0.2, 0.25) is 0 Å². The molecule has 1 aliphatic heterocycles. The number of nitrogens with one attached hydrogen (secondary N) is 1. The lowest BCUT2D eigenvalue weighted by molar-refractivity contribution is 0.0694. The van der Waals surface area contributed by atoms with Crippen molar-refractivity contribution in [2.75, 3.05) is 13.1 Å². The lowest BCUT2D eigenvalue weighted by atomic mass is 9.97. The Labute approximate surface area is 127 Å². The third-order valence-electron chi connectivity index (χ3n) is 3.89. The average Bonchev–Trinajstić information content (AvgIpc) is 2.93. The number of carbonyl (C=O) groups excluding carboxylic acids is 1. The van der Waals surface area contributed by atoms with E-state index in [4.69, 9.17) is 4.52 Å². The van der Waals surface area contributed by atoms with Gasteiger partial charge in [-0.15, -0.1) is 0 Å². The van der Waals surface area contributed by atoms with E-state index in [0.717, 1.165) is 18.5 Å². The smallest absolute Gasteiger partial charge is 0.260 e. The van der Waals surface area contributed by atoms with Crippen molar-refractivity contribution in [3.05, 3.63) is 45.5 Å². The monoisotopic (exact) mass is 302 g/mol. The quantitative estimate of drug-likeness (QED) is 0.905. The summed E-state index contributed by atoms with van der Waals surface area (Å²) in [5, 5.41) is 3.80. The molecule has 1 fully saturated rings. The van der Waals surface area contributed by atoms with Crippen LogP contribution in [0.3, 0.4) is 0 Å². The van der Waals surface area contributed by atoms with Gasteiger partial charge in [0.25, 0.3) is 11.5 Å². The number of aryl methyl sites for hydroxylation is 2. The molecule has 1 N–H and O–H groups in total. The zero-order chi connectivity index (χ0) is 15.7. The molecule has 1 amide bonds. The molecule has 0 bridgehead atoms. The summed E-state index contributed by atoms with van der Waals surface area (Å²) in [5.41, 5.74) is 0.563. The van der Waals surface area contributed by atoms with E-state index < -0.39 is 0 Å². The van der Waals surface area contributed by atoms with Crippen LogP contribution in [-0.2, 0) is 0 Å². The molecule has 22 heavy (non-hydrogen) atoms. The van der Waals surface area contributed by atoms with Crippen LogP contribution in [-0.4, -0.2) is 39.0 Å². The van der Waals surface area contributed by atoms with Gasteiger partial charge in [-0.05, 0) is 38.8 Å². The predicted octanol–water partition coefficient (Wildman–Crippen LogP) is 1.39. The summed E-state index contributed by atoms with van der Waals surface area (Å²) in [6.07, 6.45) is 1.75. The molecule has 7 heteroatoms. The summed E-state index contributed by atoms with van der Waals surface area (Å²) in [6, 6.07) is 3.31. The molecular formula is C15H18N4O3. The Kier molecular flexibility index (Phi) is 3.79. The van der Waals surface area contributed by atoms with Crippen LogP contribution < -0.4 is 5.56 Å². The molecule has 2 aromatic rings. The summed E-state index contributed by atoms with van der Waals surface area (Å²) < 4.78 is 5.21. The second-order valence-corrected chi connectivity index (χ2v) is 5.65. The van der Waals surface area contributed by atoms with Crippen molar-refractivity contribution in [3.8, 4) is 0 Å². The van der Waals surface area contributed by atoms with E-state index in [1.165, 1.54) is 0 Å². The number of rotatable bonds is 2. The van der Waals surface area contributed by atoms with Gasteiger partial charge in [-0.2, -0.15) is 4.98 Å². The molecule has 116 valence electrons.